The summed E-state index contributed by atoms with van der Waals surface area (Å²) >= 11 is 0. The largest absolute Gasteiger partial charge is 0.493 e. The molecule has 12 aromatic carbocycles. The molecule has 6 fully saturated rings. The predicted octanol–water partition coefficient (Wildman–Crippen LogP) is 28.0. The van der Waals surface area contributed by atoms with Crippen LogP contribution in [0.1, 0.15) is 170 Å². The van der Waals surface area contributed by atoms with Crippen molar-refractivity contribution >= 4 is 92.6 Å². The molecule has 0 amide bonds. The fraction of sp³-hybridized carbons (Fsp3) is 0.346. The lowest BCUT2D eigenvalue weighted by Crippen LogP contribution is -2.19. The van der Waals surface area contributed by atoms with Gasteiger partial charge in [-0.2, -0.15) is 0 Å². The Kier molecular flexibility index (Phi) is 32.1. The van der Waals surface area contributed by atoms with Crippen molar-refractivity contribution in [3.05, 3.63) is 294 Å². The number of benzene rings is 12. The maximum atomic E-state index is 12.6. The summed E-state index contributed by atoms with van der Waals surface area (Å²) in [5.74, 6) is 10.1. The molecule has 0 spiro atoms. The lowest BCUT2D eigenvalue weighted by molar-refractivity contribution is 0.0594. The van der Waals surface area contributed by atoms with Crippen molar-refractivity contribution in [1.29, 1.82) is 0 Å². The summed E-state index contributed by atoms with van der Waals surface area (Å²) in [7, 11) is 1.92. The second-order valence-electron chi connectivity index (χ2n) is 31.2. The molecule has 0 unspecified atom stereocenters. The molecule has 0 N–H and O–H groups in total. The third kappa shape index (κ3) is 22.1. The molecule has 590 valence electrons. The molecular formula is C104H121O5S4+. The zero-order valence-corrected chi connectivity index (χ0v) is 71.0. The van der Waals surface area contributed by atoms with Crippen molar-refractivity contribution in [1.82, 2.24) is 0 Å². The molecule has 2 aliphatic heterocycles. The first kappa shape index (κ1) is 84.4. The van der Waals surface area contributed by atoms with E-state index in [0.29, 0.717) is 41.0 Å². The molecular weight excluding hydrogens is 1460 g/mol. The lowest BCUT2D eigenvalue weighted by Gasteiger charge is -2.24. The highest BCUT2D eigenvalue weighted by Crippen LogP contribution is 2.43. The molecule has 18 rings (SSSR count). The van der Waals surface area contributed by atoms with Gasteiger partial charge in [0.15, 0.2) is 39.2 Å². The van der Waals surface area contributed by atoms with Crippen molar-refractivity contribution in [2.75, 3.05) is 43.3 Å². The molecule has 2 saturated heterocycles. The SMILES string of the molecule is COC(=O)c1cc([S+]2CCCC2)c2ccccc2c1OCC1CCCCC1.[CH3-].[CH3-].[CH3-].c1cc([S+]2CCCC2)ccc1CC1CCCCC1.c1ccc([S+](c2ccccc2)c2ccc(OC3CCCCC3)c3ccccc23)cc1.c1ccc2cc([S+](c3ccc(OCC4CCCCC4)cc3)c3ccc4ccccc4c3)ccc2c1. The standard InChI is InChI=1S/C33H31OS.C28H27OS.C23H29O3S.C17H25S.3CH3/c1-2-8-25(9-3-1)24-34-30-16-20-31(21-17-30)35(32-18-14-26-10-4-6-12-28(26)22-32)33-19-15-27-11-5-7-13-29(27)23-33;1-4-12-22(13-5-1)29-27-20-21-28(26-19-11-10-18-25(26)27)30(23-14-6-2-7-15-23)24-16-8-3-9-17-24;1-25-23(24)20-15-21(27-13-7-8-14-27)18-11-5-6-12-19(18)22(20)26-16-17-9-3-2-4-10-17;1-2-6-15(7-3-1)14-16-8-10-17(11-9-16)18-12-4-5-13-18;;;/h4-7,10-23,25H,1-3,8-9,24H2;2-3,6-11,14-22H,1,4-5,12-13H2;5-6,11-12,15,17H,2-4,7-10,13-14,16H2,1H3;8-11,15H,1-7,12-14H2;3*1H3/q4*+1;3*-1. The normalized spacial score (nSPS) is 16.5. The van der Waals surface area contributed by atoms with Crippen molar-refractivity contribution in [3.8, 4) is 17.2 Å². The second kappa shape index (κ2) is 43.1. The van der Waals surface area contributed by atoms with Gasteiger partial charge in [0.2, 0.25) is 0 Å². The Morgan fingerprint density at radius 2 is 0.805 bits per heavy atom. The number of methoxy groups -OCH3 is 1. The van der Waals surface area contributed by atoms with Gasteiger partial charge in [-0.1, -0.05) is 211 Å². The van der Waals surface area contributed by atoms with E-state index in [9.17, 15) is 4.79 Å². The zero-order chi connectivity index (χ0) is 74.5. The van der Waals surface area contributed by atoms with Gasteiger partial charge in [0.05, 0.1) is 48.2 Å². The topological polar surface area (TPSA) is 54.0 Å². The highest BCUT2D eigenvalue weighted by atomic mass is 32.2. The Labute approximate surface area is 689 Å². The molecule has 0 aromatic heterocycles. The van der Waals surface area contributed by atoms with E-state index in [0.717, 1.165) is 35.2 Å². The van der Waals surface area contributed by atoms with Crippen LogP contribution in [0.25, 0.3) is 43.1 Å². The third-order valence-corrected chi connectivity index (χ3v) is 33.0. The van der Waals surface area contributed by atoms with E-state index in [1.165, 1.54) is 263 Å². The molecule has 113 heavy (non-hydrogen) atoms. The molecule has 4 saturated carbocycles. The Morgan fingerprint density at radius 1 is 0.363 bits per heavy atom. The van der Waals surface area contributed by atoms with Crippen LogP contribution in [0, 0.1) is 40.0 Å². The van der Waals surface area contributed by atoms with Crippen LogP contribution in [-0.4, -0.2) is 55.4 Å². The van der Waals surface area contributed by atoms with E-state index in [2.05, 4.69) is 255 Å². The van der Waals surface area contributed by atoms with Gasteiger partial charge in [0.25, 0.3) is 0 Å². The van der Waals surface area contributed by atoms with Crippen molar-refractivity contribution in [2.45, 2.75) is 206 Å². The first-order chi connectivity index (χ1) is 54.4. The highest BCUT2D eigenvalue weighted by Gasteiger charge is 2.36. The van der Waals surface area contributed by atoms with Gasteiger partial charge >= 0.3 is 5.97 Å². The van der Waals surface area contributed by atoms with Gasteiger partial charge in [-0.15, -0.1) is 0 Å². The maximum absolute atomic E-state index is 12.6. The maximum Gasteiger partial charge on any atom is 0.341 e. The van der Waals surface area contributed by atoms with Crippen LogP contribution in [0.3, 0.4) is 0 Å². The first-order valence-corrected chi connectivity index (χ1v) is 47.2. The van der Waals surface area contributed by atoms with Crippen molar-refractivity contribution in [2.24, 2.45) is 17.8 Å². The zero-order valence-electron chi connectivity index (χ0n) is 67.7. The van der Waals surface area contributed by atoms with Gasteiger partial charge in [-0.25, -0.2) is 4.79 Å². The first-order valence-electron chi connectivity index (χ1n) is 41.6. The number of rotatable bonds is 19. The molecule has 0 radical (unpaired) electrons. The van der Waals surface area contributed by atoms with Crippen LogP contribution in [-0.2, 0) is 54.7 Å². The van der Waals surface area contributed by atoms with E-state index in [1.807, 2.05) is 6.07 Å². The summed E-state index contributed by atoms with van der Waals surface area (Å²) in [4.78, 5) is 23.6. The molecule has 9 heteroatoms. The number of carbonyl (C=O) groups excluding carboxylic acids is 1. The Hall–Kier alpha value is -8.05. The van der Waals surface area contributed by atoms with E-state index in [4.69, 9.17) is 18.9 Å². The van der Waals surface area contributed by atoms with E-state index in [-0.39, 0.29) is 60.9 Å². The van der Waals surface area contributed by atoms with Gasteiger partial charge in [0, 0.05) is 61.5 Å². The quantitative estimate of drug-likeness (QED) is 0.0459. The minimum Gasteiger partial charge on any atom is -0.493 e. The Bertz CT molecular complexity index is 4760. The molecule has 5 nitrogen and oxygen atoms in total. The molecule has 0 bridgehead atoms. The van der Waals surface area contributed by atoms with Crippen LogP contribution < -0.4 is 14.2 Å². The van der Waals surface area contributed by atoms with E-state index < -0.39 is 0 Å². The molecule has 12 aromatic rings. The van der Waals surface area contributed by atoms with Crippen LogP contribution >= 0.6 is 0 Å². The van der Waals surface area contributed by atoms with Crippen LogP contribution in [0.4, 0.5) is 0 Å². The molecule has 4 aliphatic carbocycles. The van der Waals surface area contributed by atoms with Crippen molar-refractivity contribution < 1.29 is 23.7 Å². The monoisotopic (exact) mass is 1580 g/mol. The van der Waals surface area contributed by atoms with Gasteiger partial charge in [-0.3, -0.25) is 0 Å². The number of hydrogen-bond donors (Lipinski definition) is 0. The third-order valence-electron chi connectivity index (χ3n) is 23.5. The average Bonchev–Trinajstić information content (AvgIpc) is 1.46. The smallest absolute Gasteiger partial charge is 0.341 e. The van der Waals surface area contributed by atoms with Gasteiger partial charge < -0.3 is 41.2 Å². The predicted molar refractivity (Wildman–Crippen MR) is 488 cm³/mol. The molecule has 0 atom stereocenters. The number of carbonyl (C=O) groups is 1. The van der Waals surface area contributed by atoms with E-state index >= 15 is 0 Å². The number of hydrogen-bond acceptors (Lipinski definition) is 5. The summed E-state index contributed by atoms with van der Waals surface area (Å²) < 4.78 is 24.2. The summed E-state index contributed by atoms with van der Waals surface area (Å²) in [6.07, 6.45) is 33.8. The van der Waals surface area contributed by atoms with Gasteiger partial charge in [-0.05, 0) is 238 Å². The Balaban J connectivity index is 0.000000141. The summed E-state index contributed by atoms with van der Waals surface area (Å²) in [6, 6.07) is 95.1. The van der Waals surface area contributed by atoms with Gasteiger partial charge in [0.1, 0.15) is 45.8 Å². The Morgan fingerprint density at radius 3 is 1.35 bits per heavy atom. The number of fused-ring (bicyclic) bond motifs is 4. The summed E-state index contributed by atoms with van der Waals surface area (Å²) in [6.45, 7) is 1.54. The van der Waals surface area contributed by atoms with Crippen LogP contribution in [0.5, 0.6) is 17.2 Å². The number of ether oxygens (including phenoxy) is 4. The minimum absolute atomic E-state index is 0. The van der Waals surface area contributed by atoms with Crippen molar-refractivity contribution in [3.63, 3.8) is 0 Å². The fourth-order valence-electron chi connectivity index (χ4n) is 17.5. The minimum atomic E-state index is -0.288. The second-order valence-corrected chi connectivity index (χ2v) is 39.7. The average molecular weight is 1580 g/mol. The summed E-state index contributed by atoms with van der Waals surface area (Å²) in [5.41, 5.74) is 2.18. The van der Waals surface area contributed by atoms with E-state index in [1.54, 1.807) is 10.5 Å². The summed E-state index contributed by atoms with van der Waals surface area (Å²) in [5, 5.41) is 9.97. The molecule has 6 aliphatic rings. The lowest BCUT2D eigenvalue weighted by atomic mass is 9.85. The number of esters is 1. The fourth-order valence-corrected chi connectivity index (χ4v) is 26.6. The van der Waals surface area contributed by atoms with Crippen LogP contribution in [0.2, 0.25) is 0 Å². The highest BCUT2D eigenvalue weighted by molar-refractivity contribution is 7.98. The molecule has 2 heterocycles. The van der Waals surface area contributed by atoms with Crippen LogP contribution in [0.15, 0.2) is 300 Å².